The Hall–Kier alpha value is -6.72. The number of benzene rings is 7. The first-order valence-corrected chi connectivity index (χ1v) is 16.9. The third kappa shape index (κ3) is 4.63. The molecule has 0 saturated heterocycles. The molecule has 0 fully saturated rings. The van der Waals surface area contributed by atoms with Gasteiger partial charge in [-0.15, -0.1) is 0 Å². The molecule has 1 aliphatic heterocycles. The fourth-order valence-electron chi connectivity index (χ4n) is 7.31. The van der Waals surface area contributed by atoms with Gasteiger partial charge in [-0.3, -0.25) is 0 Å². The van der Waals surface area contributed by atoms with Crippen LogP contribution in [0.1, 0.15) is 22.9 Å². The number of nitrogens with one attached hydrogen (secondary N) is 1. The summed E-state index contributed by atoms with van der Waals surface area (Å²) in [5.74, 6) is 1.46. The van der Waals surface area contributed by atoms with Crippen molar-refractivity contribution in [2.24, 2.45) is 9.98 Å². The lowest BCUT2D eigenvalue weighted by Crippen LogP contribution is -2.33. The summed E-state index contributed by atoms with van der Waals surface area (Å²) in [6, 6.07) is 59.2. The van der Waals surface area contributed by atoms with E-state index >= 15 is 0 Å². The highest BCUT2D eigenvalue weighted by atomic mass is 16.3. The average molecular weight is 643 g/mol. The number of fused-ring (bicyclic) bond motifs is 6. The summed E-state index contributed by atoms with van der Waals surface area (Å²) in [7, 11) is 0. The molecule has 2 aromatic heterocycles. The molecule has 5 nitrogen and oxygen atoms in total. The molecule has 0 saturated carbocycles. The van der Waals surface area contributed by atoms with Crippen LogP contribution < -0.4 is 5.32 Å². The van der Waals surface area contributed by atoms with Gasteiger partial charge < -0.3 is 14.3 Å². The van der Waals surface area contributed by atoms with Crippen molar-refractivity contribution in [3.63, 3.8) is 0 Å². The fourth-order valence-corrected chi connectivity index (χ4v) is 7.31. The van der Waals surface area contributed by atoms with E-state index in [-0.39, 0.29) is 6.17 Å². The average Bonchev–Trinajstić information content (AvgIpc) is 3.74. The lowest BCUT2D eigenvalue weighted by atomic mass is 10.00. The molecule has 1 aliphatic rings. The van der Waals surface area contributed by atoms with Crippen LogP contribution in [0.25, 0.3) is 60.6 Å². The maximum atomic E-state index is 6.64. The molecule has 5 heteroatoms. The third-order valence-corrected chi connectivity index (χ3v) is 9.66. The molecule has 7 aromatic carbocycles. The normalized spacial score (nSPS) is 14.6. The Labute approximate surface area is 288 Å². The van der Waals surface area contributed by atoms with Gasteiger partial charge in [-0.05, 0) is 53.6 Å². The highest BCUT2D eigenvalue weighted by Crippen LogP contribution is 2.40. The van der Waals surface area contributed by atoms with Crippen molar-refractivity contribution in [1.29, 1.82) is 0 Å². The highest BCUT2D eigenvalue weighted by Gasteiger charge is 2.22. The van der Waals surface area contributed by atoms with Crippen LogP contribution in [0.5, 0.6) is 0 Å². The maximum Gasteiger partial charge on any atom is 0.159 e. The molecule has 3 heterocycles. The molecule has 236 valence electrons. The molecule has 10 rings (SSSR count). The van der Waals surface area contributed by atoms with Crippen molar-refractivity contribution >= 4 is 55.4 Å². The molecule has 1 N–H and O–H groups in total. The van der Waals surface area contributed by atoms with Crippen molar-refractivity contribution in [3.05, 3.63) is 187 Å². The number of amidine groups is 2. The topological polar surface area (TPSA) is 54.8 Å². The third-order valence-electron chi connectivity index (χ3n) is 9.66. The number of aliphatic imine (C=N–C) groups is 2. The van der Waals surface area contributed by atoms with Crippen LogP contribution in [-0.4, -0.2) is 16.2 Å². The first-order chi connectivity index (χ1) is 24.8. The van der Waals surface area contributed by atoms with Crippen molar-refractivity contribution < 1.29 is 4.42 Å². The van der Waals surface area contributed by atoms with E-state index < -0.39 is 0 Å². The molecule has 0 radical (unpaired) electrons. The van der Waals surface area contributed by atoms with Crippen LogP contribution >= 0.6 is 0 Å². The predicted molar refractivity (Wildman–Crippen MR) is 205 cm³/mol. The van der Waals surface area contributed by atoms with Gasteiger partial charge in [-0.25, -0.2) is 9.98 Å². The van der Waals surface area contributed by atoms with Crippen LogP contribution in [-0.2, 0) is 0 Å². The van der Waals surface area contributed by atoms with E-state index in [2.05, 4.69) is 131 Å². The lowest BCUT2D eigenvalue weighted by Gasteiger charge is -2.23. The molecule has 1 atom stereocenters. The second-order valence-electron chi connectivity index (χ2n) is 12.7. The first kappa shape index (κ1) is 28.3. The second kappa shape index (κ2) is 11.5. The summed E-state index contributed by atoms with van der Waals surface area (Å²) in [5, 5.41) is 8.19. The largest absolute Gasteiger partial charge is 0.456 e. The van der Waals surface area contributed by atoms with E-state index in [1.54, 1.807) is 0 Å². The molecule has 50 heavy (non-hydrogen) atoms. The van der Waals surface area contributed by atoms with E-state index in [9.17, 15) is 0 Å². The van der Waals surface area contributed by atoms with Crippen LogP contribution in [0.2, 0.25) is 0 Å². The number of aromatic nitrogens is 1. The monoisotopic (exact) mass is 642 g/mol. The molecular weight excluding hydrogens is 613 g/mol. The van der Waals surface area contributed by atoms with Crippen molar-refractivity contribution in [1.82, 2.24) is 9.88 Å². The molecule has 0 spiro atoms. The number of nitrogens with zero attached hydrogens (tertiary/aromatic N) is 3. The zero-order valence-corrected chi connectivity index (χ0v) is 27.0. The first-order valence-electron chi connectivity index (χ1n) is 16.9. The fraction of sp³-hybridized carbons (Fsp3) is 0.0222. The van der Waals surface area contributed by atoms with Gasteiger partial charge in [0.2, 0.25) is 0 Å². The summed E-state index contributed by atoms with van der Waals surface area (Å²) in [5.41, 5.74) is 10.4. The zero-order valence-electron chi connectivity index (χ0n) is 27.0. The van der Waals surface area contributed by atoms with Crippen LogP contribution in [0.15, 0.2) is 184 Å². The van der Waals surface area contributed by atoms with E-state index in [1.165, 1.54) is 21.8 Å². The quantitative estimate of drug-likeness (QED) is 0.203. The standard InChI is InChI=1S/C45H30N4O/c1-4-13-29(14-5-1)43-46-44(30-15-6-2-7-16-30)48-45(47-43)32-24-26-37-36-25-23-31(27-40(36)50-41(37)28-32)34-20-12-21-38-35-19-10-11-22-39(35)49(42(34)38)33-17-8-3-9-18-33/h1-28,43H,(H,46,47,48). The number of para-hydroxylation sites is 3. The van der Waals surface area contributed by atoms with Gasteiger partial charge in [0.25, 0.3) is 0 Å². The summed E-state index contributed by atoms with van der Waals surface area (Å²) >= 11 is 0. The summed E-state index contributed by atoms with van der Waals surface area (Å²) in [6.45, 7) is 0. The van der Waals surface area contributed by atoms with Gasteiger partial charge in [0.1, 0.15) is 23.2 Å². The Bertz CT molecular complexity index is 2780. The Morgan fingerprint density at radius 3 is 1.94 bits per heavy atom. The number of hydrogen-bond donors (Lipinski definition) is 1. The molecule has 0 bridgehead atoms. The van der Waals surface area contributed by atoms with E-state index in [0.717, 1.165) is 61.3 Å². The maximum absolute atomic E-state index is 6.64. The van der Waals surface area contributed by atoms with Crippen LogP contribution in [0, 0.1) is 0 Å². The van der Waals surface area contributed by atoms with E-state index in [4.69, 9.17) is 14.4 Å². The summed E-state index contributed by atoms with van der Waals surface area (Å²) in [4.78, 5) is 9.99. The number of furan rings is 1. The smallest absolute Gasteiger partial charge is 0.159 e. The minimum Gasteiger partial charge on any atom is -0.456 e. The minimum absolute atomic E-state index is 0.262. The van der Waals surface area contributed by atoms with Crippen molar-refractivity contribution in [2.45, 2.75) is 6.17 Å². The molecule has 9 aromatic rings. The predicted octanol–water partition coefficient (Wildman–Crippen LogP) is 10.8. The Morgan fingerprint density at radius 2 is 1.16 bits per heavy atom. The van der Waals surface area contributed by atoms with Crippen LogP contribution in [0.3, 0.4) is 0 Å². The Kier molecular flexibility index (Phi) is 6.49. The molecule has 1 unspecified atom stereocenters. The molecule has 0 aliphatic carbocycles. The van der Waals surface area contributed by atoms with Crippen molar-refractivity contribution in [2.75, 3.05) is 0 Å². The van der Waals surface area contributed by atoms with E-state index in [0.29, 0.717) is 5.84 Å². The summed E-state index contributed by atoms with van der Waals surface area (Å²) in [6.07, 6.45) is -0.262. The van der Waals surface area contributed by atoms with Gasteiger partial charge in [-0.2, -0.15) is 0 Å². The van der Waals surface area contributed by atoms with Gasteiger partial charge >= 0.3 is 0 Å². The molecular formula is C45H30N4O. The van der Waals surface area contributed by atoms with Gasteiger partial charge in [0.05, 0.1) is 11.0 Å². The molecule has 0 amide bonds. The Morgan fingerprint density at radius 1 is 0.520 bits per heavy atom. The number of rotatable bonds is 5. The van der Waals surface area contributed by atoms with Gasteiger partial charge in [-0.1, -0.05) is 127 Å². The zero-order chi connectivity index (χ0) is 33.0. The summed E-state index contributed by atoms with van der Waals surface area (Å²) < 4.78 is 9.01. The van der Waals surface area contributed by atoms with Gasteiger partial charge in [0.15, 0.2) is 5.84 Å². The van der Waals surface area contributed by atoms with E-state index in [1.807, 2.05) is 48.5 Å². The number of hydrogen-bond acceptors (Lipinski definition) is 4. The second-order valence-corrected chi connectivity index (χ2v) is 12.7. The van der Waals surface area contributed by atoms with Crippen LogP contribution in [0.4, 0.5) is 0 Å². The highest BCUT2D eigenvalue weighted by molar-refractivity contribution is 6.16. The SMILES string of the molecule is c1ccc(C2=NC(c3ccccc3)NC(c3ccc4c(c3)oc3cc(-c5cccc6c7ccccc7n(-c7ccccc7)c56)ccc34)=N2)cc1. The van der Waals surface area contributed by atoms with Gasteiger partial charge in [0, 0.05) is 43.9 Å². The Balaban J connectivity index is 1.09. The van der Waals surface area contributed by atoms with Crippen molar-refractivity contribution in [3.8, 4) is 16.8 Å². The minimum atomic E-state index is -0.262. The lowest BCUT2D eigenvalue weighted by molar-refractivity contribution is 0.666.